The van der Waals surface area contributed by atoms with Crippen LogP contribution in [0.25, 0.3) is 0 Å². The molecule has 11 heavy (non-hydrogen) atoms. The third kappa shape index (κ3) is 5.66. The lowest BCUT2D eigenvalue weighted by Crippen LogP contribution is -2.31. The van der Waals surface area contributed by atoms with Crippen LogP contribution in [0.3, 0.4) is 0 Å². The van der Waals surface area contributed by atoms with Crippen LogP contribution in [0, 0.1) is 0 Å². The molecule has 2 amide bonds. The molecule has 0 fully saturated rings. The largest absolute Gasteiger partial charge is 0.449 e. The van der Waals surface area contributed by atoms with E-state index < -0.39 is 12.0 Å². The minimum Gasteiger partial charge on any atom is -0.449 e. The summed E-state index contributed by atoms with van der Waals surface area (Å²) in [4.78, 5) is 21.0. The van der Waals surface area contributed by atoms with E-state index in [0.29, 0.717) is 6.61 Å². The Bertz CT molecular complexity index is 149. The molecule has 0 atom stereocenters. The number of rotatable bonds is 3. The van der Waals surface area contributed by atoms with Crippen LogP contribution < -0.4 is 5.32 Å². The molecule has 64 valence electrons. The van der Waals surface area contributed by atoms with Crippen molar-refractivity contribution in [3.63, 3.8) is 0 Å². The first kappa shape index (κ1) is 10.2. The summed E-state index contributed by atoms with van der Waals surface area (Å²) in [5.74, 6) is -0.783. The highest BCUT2D eigenvalue weighted by atomic mass is 35.5. The van der Waals surface area contributed by atoms with E-state index >= 15 is 0 Å². The molecule has 1 N–H and O–H groups in total. The van der Waals surface area contributed by atoms with Gasteiger partial charge in [0.2, 0.25) is 5.91 Å². The van der Waals surface area contributed by atoms with E-state index in [9.17, 15) is 9.59 Å². The molecule has 0 aliphatic carbocycles. The van der Waals surface area contributed by atoms with E-state index in [-0.39, 0.29) is 5.88 Å². The monoisotopic (exact) mass is 179 g/mol. The van der Waals surface area contributed by atoms with Gasteiger partial charge in [-0.25, -0.2) is 4.79 Å². The molecule has 5 heteroatoms. The minimum absolute atomic E-state index is 0.235. The summed E-state index contributed by atoms with van der Waals surface area (Å²) < 4.78 is 4.53. The number of carbonyl (C=O) groups is 2. The molecule has 0 bridgehead atoms. The van der Waals surface area contributed by atoms with Crippen molar-refractivity contribution in [1.82, 2.24) is 5.32 Å². The molecule has 0 spiro atoms. The van der Waals surface area contributed by atoms with Gasteiger partial charge in [0.25, 0.3) is 0 Å². The number of alkyl halides is 1. The zero-order valence-corrected chi connectivity index (χ0v) is 6.98. The first-order valence-electron chi connectivity index (χ1n) is 3.23. The fourth-order valence-corrected chi connectivity index (χ4v) is 0.445. The van der Waals surface area contributed by atoms with Crippen LogP contribution in [0.4, 0.5) is 4.79 Å². The van der Waals surface area contributed by atoms with Gasteiger partial charge in [0, 0.05) is 0 Å². The van der Waals surface area contributed by atoms with Gasteiger partial charge >= 0.3 is 6.09 Å². The minimum atomic E-state index is -0.738. The number of alkyl carbamates (subject to hydrolysis) is 1. The number of hydrogen-bond donors (Lipinski definition) is 1. The highest BCUT2D eigenvalue weighted by Crippen LogP contribution is 1.82. The molecule has 4 nitrogen and oxygen atoms in total. The molecule has 0 aromatic carbocycles. The molecule has 0 aromatic rings. The van der Waals surface area contributed by atoms with Crippen LogP contribution >= 0.6 is 11.6 Å². The maximum Gasteiger partial charge on any atom is 0.413 e. The van der Waals surface area contributed by atoms with Gasteiger partial charge in [-0.05, 0) is 6.42 Å². The summed E-state index contributed by atoms with van der Waals surface area (Å²) in [7, 11) is 0. The highest BCUT2D eigenvalue weighted by Gasteiger charge is 2.05. The second-order valence-electron chi connectivity index (χ2n) is 1.82. The molecule has 0 saturated carbocycles. The third-order valence-electron chi connectivity index (χ3n) is 0.800. The first-order chi connectivity index (χ1) is 5.20. The van der Waals surface area contributed by atoms with Crippen molar-refractivity contribution in [2.24, 2.45) is 0 Å². The lowest BCUT2D eigenvalue weighted by Gasteiger charge is -2.01. The maximum atomic E-state index is 10.6. The number of carbonyl (C=O) groups excluding carboxylic acids is 2. The van der Waals surface area contributed by atoms with Gasteiger partial charge < -0.3 is 4.74 Å². The van der Waals surface area contributed by atoms with Crippen LogP contribution in [0.15, 0.2) is 0 Å². The zero-order valence-electron chi connectivity index (χ0n) is 6.22. The van der Waals surface area contributed by atoms with E-state index in [1.54, 1.807) is 0 Å². The Labute approximate surface area is 69.9 Å². The van der Waals surface area contributed by atoms with E-state index in [2.05, 4.69) is 4.74 Å². The summed E-state index contributed by atoms with van der Waals surface area (Å²) >= 11 is 5.11. The van der Waals surface area contributed by atoms with Gasteiger partial charge in [-0.2, -0.15) is 0 Å². The van der Waals surface area contributed by atoms with Crippen LogP contribution in [0.2, 0.25) is 0 Å². The second kappa shape index (κ2) is 5.97. The number of imide groups is 1. The van der Waals surface area contributed by atoms with Gasteiger partial charge in [-0.15, -0.1) is 11.6 Å². The highest BCUT2D eigenvalue weighted by molar-refractivity contribution is 6.28. The molecule has 0 aliphatic heterocycles. The average Bonchev–Trinajstić information content (AvgIpc) is 2.00. The Morgan fingerprint density at radius 3 is 2.64 bits per heavy atom. The van der Waals surface area contributed by atoms with Gasteiger partial charge in [0.1, 0.15) is 5.88 Å². The number of nitrogens with one attached hydrogen (secondary N) is 1. The molecule has 0 rings (SSSR count). The summed E-state index contributed by atoms with van der Waals surface area (Å²) in [5.41, 5.74) is 0. The van der Waals surface area contributed by atoms with Crippen LogP contribution in [-0.4, -0.2) is 24.5 Å². The summed E-state index contributed by atoms with van der Waals surface area (Å²) in [5, 5.41) is 1.93. The van der Waals surface area contributed by atoms with E-state index in [0.717, 1.165) is 6.42 Å². The van der Waals surface area contributed by atoms with Crippen molar-refractivity contribution in [3.8, 4) is 0 Å². The molecular weight excluding hydrogens is 170 g/mol. The van der Waals surface area contributed by atoms with E-state index in [4.69, 9.17) is 11.6 Å². The number of halogens is 1. The third-order valence-corrected chi connectivity index (χ3v) is 1.04. The van der Waals surface area contributed by atoms with Crippen molar-refractivity contribution in [3.05, 3.63) is 0 Å². The quantitative estimate of drug-likeness (QED) is 0.655. The van der Waals surface area contributed by atoms with Gasteiger partial charge in [0.05, 0.1) is 6.61 Å². The van der Waals surface area contributed by atoms with Gasteiger partial charge in [-0.1, -0.05) is 6.92 Å². The lowest BCUT2D eigenvalue weighted by molar-refractivity contribution is -0.118. The topological polar surface area (TPSA) is 55.4 Å². The zero-order chi connectivity index (χ0) is 8.69. The average molecular weight is 180 g/mol. The van der Waals surface area contributed by atoms with Gasteiger partial charge in [0.15, 0.2) is 0 Å². The normalized spacial score (nSPS) is 8.91. The summed E-state index contributed by atoms with van der Waals surface area (Å²) in [6, 6.07) is 0. The Balaban J connectivity index is 3.44. The fourth-order valence-electron chi connectivity index (χ4n) is 0.378. The number of ether oxygens (including phenoxy) is 1. The van der Waals surface area contributed by atoms with Gasteiger partial charge in [-0.3, -0.25) is 10.1 Å². The van der Waals surface area contributed by atoms with Crippen LogP contribution in [-0.2, 0) is 9.53 Å². The van der Waals surface area contributed by atoms with E-state index in [1.165, 1.54) is 0 Å². The van der Waals surface area contributed by atoms with Crippen LogP contribution in [0.5, 0.6) is 0 Å². The Hall–Kier alpha value is -0.770. The van der Waals surface area contributed by atoms with Crippen molar-refractivity contribution in [1.29, 1.82) is 0 Å². The predicted molar refractivity (Wildman–Crippen MR) is 40.5 cm³/mol. The number of amides is 2. The lowest BCUT2D eigenvalue weighted by atomic mass is 10.5. The second-order valence-corrected chi connectivity index (χ2v) is 2.08. The van der Waals surface area contributed by atoms with Crippen molar-refractivity contribution in [2.45, 2.75) is 13.3 Å². The Kier molecular flexibility index (Phi) is 5.56. The number of hydrogen-bond acceptors (Lipinski definition) is 3. The van der Waals surface area contributed by atoms with Crippen molar-refractivity contribution < 1.29 is 14.3 Å². The summed E-state index contributed by atoms with van der Waals surface area (Å²) in [6.45, 7) is 2.16. The molecule has 0 heterocycles. The maximum absolute atomic E-state index is 10.6. The standard InChI is InChI=1S/C6H10ClNO3/c1-2-3-11-6(10)8-5(9)4-7/h2-4H2,1H3,(H,8,9,10). The predicted octanol–water partition coefficient (Wildman–Crippen LogP) is 0.888. The fraction of sp³-hybridized carbons (Fsp3) is 0.667. The first-order valence-corrected chi connectivity index (χ1v) is 3.76. The Morgan fingerprint density at radius 2 is 2.18 bits per heavy atom. The molecule has 0 radical (unpaired) electrons. The smallest absolute Gasteiger partial charge is 0.413 e. The SMILES string of the molecule is CCCOC(=O)NC(=O)CCl. The molecule has 0 saturated heterocycles. The molecule has 0 aromatic heterocycles. The Morgan fingerprint density at radius 1 is 1.55 bits per heavy atom. The van der Waals surface area contributed by atoms with E-state index in [1.807, 2.05) is 12.2 Å². The summed E-state index contributed by atoms with van der Waals surface area (Å²) in [6.07, 6.45) is -0.0137. The van der Waals surface area contributed by atoms with Crippen molar-refractivity contribution >= 4 is 23.6 Å². The molecule has 0 unspecified atom stereocenters. The molecular formula is C6H10ClNO3. The molecule has 0 aliphatic rings. The van der Waals surface area contributed by atoms with Crippen LogP contribution in [0.1, 0.15) is 13.3 Å². The van der Waals surface area contributed by atoms with Crippen molar-refractivity contribution in [2.75, 3.05) is 12.5 Å².